The lowest BCUT2D eigenvalue weighted by molar-refractivity contribution is 0.334. The highest BCUT2D eigenvalue weighted by Crippen LogP contribution is 2.39. The largest absolute Gasteiger partial charge is 0.364 e. The smallest absolute Gasteiger partial charge is 0.247 e. The first-order valence-corrected chi connectivity index (χ1v) is 10.2. The number of nitrogens with zero attached hydrogens (tertiary/aromatic N) is 1. The van der Waals surface area contributed by atoms with Gasteiger partial charge in [0.1, 0.15) is 11.1 Å². The van der Waals surface area contributed by atoms with Gasteiger partial charge < -0.3 is 5.32 Å². The Labute approximate surface area is 162 Å². The van der Waals surface area contributed by atoms with Gasteiger partial charge in [0.15, 0.2) is 11.6 Å². The highest BCUT2D eigenvalue weighted by Gasteiger charge is 2.39. The molecule has 0 spiro atoms. The number of rotatable bonds is 3. The average molecular weight is 400 g/mol. The molecule has 0 bridgehead atoms. The number of sulfonamides is 1. The van der Waals surface area contributed by atoms with Crippen molar-refractivity contribution in [3.63, 3.8) is 0 Å². The predicted molar refractivity (Wildman–Crippen MR) is 103 cm³/mol. The van der Waals surface area contributed by atoms with Crippen LogP contribution in [0.2, 0.25) is 0 Å². The molecule has 0 amide bonds. The molecule has 144 valence electrons. The number of aryl methyl sites for hydroxylation is 1. The Morgan fingerprint density at radius 1 is 0.964 bits per heavy atom. The van der Waals surface area contributed by atoms with Crippen LogP contribution in [0.25, 0.3) is 0 Å². The molecule has 0 radical (unpaired) electrons. The molecule has 1 N–H and O–H groups in total. The number of hydrogen-bond donors (Lipinski definition) is 1. The molecule has 3 aromatic carbocycles. The molecule has 0 unspecified atom stereocenters. The molecule has 3 aromatic rings. The van der Waals surface area contributed by atoms with Crippen molar-refractivity contribution < 1.29 is 17.2 Å². The monoisotopic (exact) mass is 400 g/mol. The summed E-state index contributed by atoms with van der Waals surface area (Å²) in [5, 5.41) is 3.16. The minimum atomic E-state index is -3.86. The second-order valence-electron chi connectivity index (χ2n) is 6.69. The van der Waals surface area contributed by atoms with Crippen molar-refractivity contribution in [2.75, 3.05) is 5.32 Å². The van der Waals surface area contributed by atoms with Crippen LogP contribution in [-0.2, 0) is 16.6 Å². The van der Waals surface area contributed by atoms with Crippen LogP contribution in [-0.4, -0.2) is 12.7 Å². The summed E-state index contributed by atoms with van der Waals surface area (Å²) in [5.74, 6) is -2.00. The van der Waals surface area contributed by atoms with E-state index in [2.05, 4.69) is 5.32 Å². The summed E-state index contributed by atoms with van der Waals surface area (Å²) in [6.45, 7) is 2.00. The lowest BCUT2D eigenvalue weighted by atomic mass is 10.1. The molecule has 0 aromatic heterocycles. The van der Waals surface area contributed by atoms with Crippen LogP contribution in [0.15, 0.2) is 71.6 Å². The van der Waals surface area contributed by atoms with Crippen molar-refractivity contribution >= 4 is 15.7 Å². The van der Waals surface area contributed by atoms with Crippen molar-refractivity contribution in [2.45, 2.75) is 24.5 Å². The van der Waals surface area contributed by atoms with Crippen molar-refractivity contribution in [2.24, 2.45) is 0 Å². The SMILES string of the molecule is Cc1ccccc1CN1[C@@H](c2ccc(F)c(F)c2)Nc2ccccc2S1(=O)=O. The number of anilines is 1. The molecule has 0 aliphatic carbocycles. The summed E-state index contributed by atoms with van der Waals surface area (Å²) >= 11 is 0. The molecule has 0 saturated carbocycles. The Morgan fingerprint density at radius 3 is 2.43 bits per heavy atom. The molecule has 1 aliphatic rings. The van der Waals surface area contributed by atoms with E-state index in [1.165, 1.54) is 16.4 Å². The van der Waals surface area contributed by atoms with Crippen LogP contribution in [0.5, 0.6) is 0 Å². The van der Waals surface area contributed by atoms with Crippen LogP contribution in [0, 0.1) is 18.6 Å². The van der Waals surface area contributed by atoms with E-state index >= 15 is 0 Å². The Hall–Kier alpha value is -2.77. The first-order valence-electron chi connectivity index (χ1n) is 8.75. The fourth-order valence-electron chi connectivity index (χ4n) is 3.36. The van der Waals surface area contributed by atoms with E-state index in [-0.39, 0.29) is 11.4 Å². The van der Waals surface area contributed by atoms with Gasteiger partial charge in [-0.1, -0.05) is 42.5 Å². The maximum Gasteiger partial charge on any atom is 0.247 e. The number of benzene rings is 3. The molecule has 1 heterocycles. The number of nitrogens with one attached hydrogen (secondary N) is 1. The lowest BCUT2D eigenvalue weighted by Crippen LogP contribution is -2.42. The third-order valence-corrected chi connectivity index (χ3v) is 6.77. The Bertz CT molecular complexity index is 1150. The van der Waals surface area contributed by atoms with Gasteiger partial charge in [0.2, 0.25) is 10.0 Å². The predicted octanol–water partition coefficient (Wildman–Crippen LogP) is 4.59. The maximum atomic E-state index is 13.9. The fourth-order valence-corrected chi connectivity index (χ4v) is 5.03. The zero-order valence-corrected chi connectivity index (χ0v) is 15.9. The van der Waals surface area contributed by atoms with Crippen LogP contribution in [0.1, 0.15) is 22.9 Å². The normalized spacial score (nSPS) is 18.3. The van der Waals surface area contributed by atoms with E-state index in [9.17, 15) is 17.2 Å². The minimum absolute atomic E-state index is 0.0972. The third kappa shape index (κ3) is 3.16. The van der Waals surface area contributed by atoms with Gasteiger partial charge in [-0.3, -0.25) is 0 Å². The van der Waals surface area contributed by atoms with Crippen LogP contribution < -0.4 is 5.32 Å². The van der Waals surface area contributed by atoms with E-state index in [1.807, 2.05) is 31.2 Å². The van der Waals surface area contributed by atoms with Crippen LogP contribution in [0.3, 0.4) is 0 Å². The third-order valence-electron chi connectivity index (χ3n) is 4.90. The number of para-hydroxylation sites is 1. The van der Waals surface area contributed by atoms with Gasteiger partial charge in [0.05, 0.1) is 5.69 Å². The standard InChI is InChI=1S/C21H18F2N2O2S/c1-14-6-2-3-7-16(14)13-25-21(15-10-11-17(22)18(23)12-15)24-19-8-4-5-9-20(19)28(25,26)27/h2-12,21,24H,13H2,1H3/t21-/m0/s1. The quantitative estimate of drug-likeness (QED) is 0.700. The van der Waals surface area contributed by atoms with Gasteiger partial charge in [-0.15, -0.1) is 0 Å². The van der Waals surface area contributed by atoms with Gasteiger partial charge >= 0.3 is 0 Å². The molecule has 28 heavy (non-hydrogen) atoms. The number of halogens is 2. The molecule has 0 fully saturated rings. The minimum Gasteiger partial charge on any atom is -0.364 e. The van der Waals surface area contributed by atoms with E-state index in [1.54, 1.807) is 18.2 Å². The molecule has 1 aliphatic heterocycles. The highest BCUT2D eigenvalue weighted by molar-refractivity contribution is 7.89. The Morgan fingerprint density at radius 2 is 1.68 bits per heavy atom. The first kappa shape index (κ1) is 18.6. The Balaban J connectivity index is 1.86. The summed E-state index contributed by atoms with van der Waals surface area (Å²) in [5.41, 5.74) is 2.53. The summed E-state index contributed by atoms with van der Waals surface area (Å²) in [6, 6.07) is 17.5. The Kier molecular flexibility index (Phi) is 4.64. The summed E-state index contributed by atoms with van der Waals surface area (Å²) in [7, 11) is -3.86. The van der Waals surface area contributed by atoms with E-state index in [4.69, 9.17) is 0 Å². The van der Waals surface area contributed by atoms with Crippen molar-refractivity contribution in [3.05, 3.63) is 95.1 Å². The summed E-state index contributed by atoms with van der Waals surface area (Å²) in [6.07, 6.45) is -0.866. The molecule has 4 rings (SSSR count). The summed E-state index contributed by atoms with van der Waals surface area (Å²) < 4.78 is 55.3. The van der Waals surface area contributed by atoms with Crippen molar-refractivity contribution in [1.82, 2.24) is 4.31 Å². The second kappa shape index (κ2) is 7.00. The lowest BCUT2D eigenvalue weighted by Gasteiger charge is -2.37. The van der Waals surface area contributed by atoms with E-state index < -0.39 is 27.8 Å². The van der Waals surface area contributed by atoms with Gasteiger partial charge in [0.25, 0.3) is 0 Å². The molecule has 7 heteroatoms. The van der Waals surface area contributed by atoms with Gasteiger partial charge in [0, 0.05) is 6.54 Å². The van der Waals surface area contributed by atoms with Crippen LogP contribution in [0.4, 0.5) is 14.5 Å². The van der Waals surface area contributed by atoms with Gasteiger partial charge in [-0.05, 0) is 47.9 Å². The fraction of sp³-hybridized carbons (Fsp3) is 0.143. The van der Waals surface area contributed by atoms with Crippen molar-refractivity contribution in [3.8, 4) is 0 Å². The van der Waals surface area contributed by atoms with E-state index in [0.29, 0.717) is 11.3 Å². The topological polar surface area (TPSA) is 49.4 Å². The molecular formula is C21H18F2N2O2S. The number of fused-ring (bicyclic) bond motifs is 1. The van der Waals surface area contributed by atoms with Crippen molar-refractivity contribution in [1.29, 1.82) is 0 Å². The van der Waals surface area contributed by atoms with Gasteiger partial charge in [-0.2, -0.15) is 4.31 Å². The molecule has 0 saturated heterocycles. The highest BCUT2D eigenvalue weighted by atomic mass is 32.2. The average Bonchev–Trinajstić information content (AvgIpc) is 2.67. The summed E-state index contributed by atoms with van der Waals surface area (Å²) in [4.78, 5) is 0.155. The molecular weight excluding hydrogens is 382 g/mol. The zero-order valence-electron chi connectivity index (χ0n) is 15.1. The maximum absolute atomic E-state index is 13.9. The van der Waals surface area contributed by atoms with Crippen LogP contribution >= 0.6 is 0 Å². The number of hydrogen-bond acceptors (Lipinski definition) is 3. The molecule has 4 nitrogen and oxygen atoms in total. The zero-order chi connectivity index (χ0) is 19.9. The molecule has 1 atom stereocenters. The first-order chi connectivity index (χ1) is 13.4. The van der Waals surface area contributed by atoms with E-state index in [0.717, 1.165) is 23.3 Å². The van der Waals surface area contributed by atoms with Gasteiger partial charge in [-0.25, -0.2) is 17.2 Å². The second-order valence-corrected chi connectivity index (χ2v) is 8.55.